The van der Waals surface area contributed by atoms with Crippen LogP contribution in [0.1, 0.15) is 32.6 Å². The number of rotatable bonds is 2. The summed E-state index contributed by atoms with van der Waals surface area (Å²) >= 11 is 0. The van der Waals surface area contributed by atoms with E-state index in [0.717, 1.165) is 25.9 Å². The molecule has 0 radical (unpaired) electrons. The average Bonchev–Trinajstić information content (AvgIpc) is 2.32. The zero-order valence-electron chi connectivity index (χ0n) is 7.62. The highest BCUT2D eigenvalue weighted by molar-refractivity contribution is 7.89. The van der Waals surface area contributed by atoms with Crippen LogP contribution < -0.4 is 0 Å². The minimum atomic E-state index is -2.91. The van der Waals surface area contributed by atoms with Gasteiger partial charge in [-0.25, -0.2) is 12.7 Å². The molecule has 1 saturated heterocycles. The van der Waals surface area contributed by atoms with Crippen molar-refractivity contribution in [3.8, 4) is 0 Å². The lowest BCUT2D eigenvalue weighted by Gasteiger charge is -2.18. The van der Waals surface area contributed by atoms with E-state index >= 15 is 0 Å². The number of nitrogens with zero attached hydrogens (tertiary/aromatic N) is 1. The van der Waals surface area contributed by atoms with Crippen LogP contribution in [0.5, 0.6) is 0 Å². The Balaban J connectivity index is 2.60. The predicted octanol–water partition coefficient (Wildman–Crippen LogP) is 1.21. The largest absolute Gasteiger partial charge is 0.213 e. The fourth-order valence-electron chi connectivity index (χ4n) is 1.50. The molecule has 0 N–H and O–H groups in total. The van der Waals surface area contributed by atoms with Crippen LogP contribution in [-0.4, -0.2) is 31.6 Å². The molecule has 0 aliphatic carbocycles. The molecule has 12 heavy (non-hydrogen) atoms. The SMILES string of the molecule is CCS(=O)(=O)N1CCCCCC1. The third-order valence-corrected chi connectivity index (χ3v) is 4.20. The van der Waals surface area contributed by atoms with Gasteiger partial charge >= 0.3 is 0 Å². The zero-order valence-corrected chi connectivity index (χ0v) is 8.44. The van der Waals surface area contributed by atoms with Crippen LogP contribution in [-0.2, 0) is 10.0 Å². The van der Waals surface area contributed by atoms with Crippen LogP contribution in [0.2, 0.25) is 0 Å². The molecule has 1 aliphatic rings. The molecule has 0 aromatic heterocycles. The van der Waals surface area contributed by atoms with E-state index in [1.807, 2.05) is 0 Å². The smallest absolute Gasteiger partial charge is 0.212 e. The van der Waals surface area contributed by atoms with Crippen molar-refractivity contribution in [2.75, 3.05) is 18.8 Å². The molecule has 0 spiro atoms. The summed E-state index contributed by atoms with van der Waals surface area (Å²) in [6.07, 6.45) is 4.41. The van der Waals surface area contributed by atoms with Crippen molar-refractivity contribution in [1.82, 2.24) is 4.31 Å². The topological polar surface area (TPSA) is 37.4 Å². The van der Waals surface area contributed by atoms with E-state index in [1.54, 1.807) is 11.2 Å². The number of hydrogen-bond acceptors (Lipinski definition) is 2. The Morgan fingerprint density at radius 2 is 1.58 bits per heavy atom. The first-order valence-electron chi connectivity index (χ1n) is 4.64. The molecule has 0 amide bonds. The van der Waals surface area contributed by atoms with Crippen LogP contribution in [0.4, 0.5) is 0 Å². The van der Waals surface area contributed by atoms with Crippen molar-refractivity contribution in [3.05, 3.63) is 0 Å². The van der Waals surface area contributed by atoms with Gasteiger partial charge < -0.3 is 0 Å². The van der Waals surface area contributed by atoms with Gasteiger partial charge in [-0.3, -0.25) is 0 Å². The van der Waals surface area contributed by atoms with E-state index in [2.05, 4.69) is 0 Å². The maximum absolute atomic E-state index is 11.4. The number of hydrogen-bond donors (Lipinski definition) is 0. The van der Waals surface area contributed by atoms with Crippen molar-refractivity contribution in [1.29, 1.82) is 0 Å². The van der Waals surface area contributed by atoms with Gasteiger partial charge in [0.05, 0.1) is 5.75 Å². The van der Waals surface area contributed by atoms with Gasteiger partial charge in [-0.1, -0.05) is 12.8 Å². The van der Waals surface area contributed by atoms with Crippen LogP contribution in [0.25, 0.3) is 0 Å². The van der Waals surface area contributed by atoms with Crippen LogP contribution >= 0.6 is 0 Å². The van der Waals surface area contributed by atoms with Crippen molar-refractivity contribution in [3.63, 3.8) is 0 Å². The van der Waals surface area contributed by atoms with Gasteiger partial charge in [-0.05, 0) is 19.8 Å². The molecule has 0 saturated carbocycles. The summed E-state index contributed by atoms with van der Waals surface area (Å²) in [6, 6.07) is 0. The van der Waals surface area contributed by atoms with Gasteiger partial charge in [0.15, 0.2) is 0 Å². The monoisotopic (exact) mass is 191 g/mol. The summed E-state index contributed by atoms with van der Waals surface area (Å²) < 4.78 is 24.5. The van der Waals surface area contributed by atoms with Gasteiger partial charge in [0.2, 0.25) is 10.0 Å². The van der Waals surface area contributed by atoms with Crippen LogP contribution in [0.15, 0.2) is 0 Å². The predicted molar refractivity (Wildman–Crippen MR) is 49.5 cm³/mol. The molecule has 0 atom stereocenters. The van der Waals surface area contributed by atoms with E-state index in [-0.39, 0.29) is 5.75 Å². The Kier molecular flexibility index (Phi) is 3.53. The van der Waals surface area contributed by atoms with Gasteiger partial charge in [-0.2, -0.15) is 0 Å². The second kappa shape index (κ2) is 4.23. The maximum Gasteiger partial charge on any atom is 0.213 e. The molecule has 1 aliphatic heterocycles. The quantitative estimate of drug-likeness (QED) is 0.658. The van der Waals surface area contributed by atoms with E-state index < -0.39 is 10.0 Å². The van der Waals surface area contributed by atoms with Gasteiger partial charge in [0, 0.05) is 13.1 Å². The Bertz CT molecular complexity index is 215. The van der Waals surface area contributed by atoms with E-state index in [4.69, 9.17) is 0 Å². The maximum atomic E-state index is 11.4. The Hall–Kier alpha value is -0.0900. The fourth-order valence-corrected chi connectivity index (χ4v) is 2.68. The van der Waals surface area contributed by atoms with Crippen molar-refractivity contribution < 1.29 is 8.42 Å². The highest BCUT2D eigenvalue weighted by Crippen LogP contribution is 2.13. The van der Waals surface area contributed by atoms with Crippen molar-refractivity contribution >= 4 is 10.0 Å². The van der Waals surface area contributed by atoms with Crippen LogP contribution in [0, 0.1) is 0 Å². The highest BCUT2D eigenvalue weighted by atomic mass is 32.2. The molecule has 0 bridgehead atoms. The summed E-state index contributed by atoms with van der Waals surface area (Å²) in [7, 11) is -2.91. The lowest BCUT2D eigenvalue weighted by Crippen LogP contribution is -2.33. The molecule has 1 fully saturated rings. The minimum absolute atomic E-state index is 0.243. The number of sulfonamides is 1. The fraction of sp³-hybridized carbons (Fsp3) is 1.00. The molecule has 0 aromatic rings. The third kappa shape index (κ3) is 2.45. The van der Waals surface area contributed by atoms with Crippen LogP contribution in [0.3, 0.4) is 0 Å². The summed E-state index contributed by atoms with van der Waals surface area (Å²) in [5, 5.41) is 0. The first kappa shape index (κ1) is 9.99. The van der Waals surface area contributed by atoms with Crippen molar-refractivity contribution in [2.24, 2.45) is 0 Å². The third-order valence-electron chi connectivity index (χ3n) is 2.32. The lowest BCUT2D eigenvalue weighted by molar-refractivity contribution is 0.424. The van der Waals surface area contributed by atoms with E-state index in [9.17, 15) is 8.42 Å². The molecule has 1 heterocycles. The lowest BCUT2D eigenvalue weighted by atomic mass is 10.2. The van der Waals surface area contributed by atoms with E-state index in [1.165, 1.54) is 12.8 Å². The first-order valence-corrected chi connectivity index (χ1v) is 6.25. The average molecular weight is 191 g/mol. The highest BCUT2D eigenvalue weighted by Gasteiger charge is 2.20. The molecule has 4 heteroatoms. The zero-order chi connectivity index (χ0) is 9.03. The molecule has 72 valence electrons. The molecular weight excluding hydrogens is 174 g/mol. The molecule has 0 aromatic carbocycles. The van der Waals surface area contributed by atoms with E-state index in [0.29, 0.717) is 0 Å². The van der Waals surface area contributed by atoms with Gasteiger partial charge in [-0.15, -0.1) is 0 Å². The van der Waals surface area contributed by atoms with Gasteiger partial charge in [0.25, 0.3) is 0 Å². The first-order chi connectivity index (χ1) is 5.67. The molecule has 0 unspecified atom stereocenters. The Labute approximate surface area is 74.8 Å². The Morgan fingerprint density at radius 3 is 2.00 bits per heavy atom. The summed E-state index contributed by atoms with van der Waals surface area (Å²) in [4.78, 5) is 0. The second-order valence-corrected chi connectivity index (χ2v) is 5.47. The summed E-state index contributed by atoms with van der Waals surface area (Å²) in [6.45, 7) is 3.17. The van der Waals surface area contributed by atoms with Gasteiger partial charge in [0.1, 0.15) is 0 Å². The molecular formula is C8H17NO2S. The second-order valence-electron chi connectivity index (χ2n) is 3.21. The minimum Gasteiger partial charge on any atom is -0.212 e. The summed E-state index contributed by atoms with van der Waals surface area (Å²) in [5.41, 5.74) is 0. The molecule has 3 nitrogen and oxygen atoms in total. The standard InChI is InChI=1S/C8H17NO2S/c1-2-12(10,11)9-7-5-3-4-6-8-9/h2-8H2,1H3. The summed E-state index contributed by atoms with van der Waals surface area (Å²) in [5.74, 6) is 0.243. The Morgan fingerprint density at radius 1 is 1.08 bits per heavy atom. The normalized spacial score (nSPS) is 22.1. The van der Waals surface area contributed by atoms with Crippen molar-refractivity contribution in [2.45, 2.75) is 32.6 Å². The molecule has 1 rings (SSSR count).